The highest BCUT2D eigenvalue weighted by atomic mass is 16.3. The standard InChI is InChI=1S/C26H36N4O7/c1-28(2)10-12-9-15(29(3)4)13-7-11-8-14-19(30(5)6)22(33)18(25(27)36)24(35)26(14,37)23(34)16(11)21(32)17(13)20(12)31/h9,11,14,18-19,22,31-33,37H,7-8,10H2,1-6H3,(H2,27,36)/t11-,14-,18?,19?,22?,26-/m1/s1. The molecule has 0 aromatic heterocycles. The van der Waals surface area contributed by atoms with Crippen molar-refractivity contribution in [2.24, 2.45) is 23.5 Å². The van der Waals surface area contributed by atoms with Crippen LogP contribution in [0.1, 0.15) is 23.1 Å². The number of amides is 1. The van der Waals surface area contributed by atoms with Crippen molar-refractivity contribution in [2.75, 3.05) is 47.2 Å². The lowest BCUT2D eigenvalue weighted by atomic mass is 9.54. The van der Waals surface area contributed by atoms with Gasteiger partial charge in [0.05, 0.1) is 11.7 Å². The maximum Gasteiger partial charge on any atom is 0.230 e. The van der Waals surface area contributed by atoms with Gasteiger partial charge in [0, 0.05) is 49.4 Å². The van der Waals surface area contributed by atoms with Crippen molar-refractivity contribution in [3.63, 3.8) is 0 Å². The predicted molar refractivity (Wildman–Crippen MR) is 136 cm³/mol. The number of ketones is 2. The lowest BCUT2D eigenvalue weighted by Gasteiger charge is -2.53. The van der Waals surface area contributed by atoms with Crippen LogP contribution in [0.4, 0.5) is 5.69 Å². The van der Waals surface area contributed by atoms with E-state index in [1.54, 1.807) is 19.0 Å². The molecule has 0 radical (unpaired) electrons. The minimum Gasteiger partial charge on any atom is -0.507 e. The molecule has 3 aliphatic rings. The van der Waals surface area contributed by atoms with Crippen LogP contribution >= 0.6 is 0 Å². The van der Waals surface area contributed by atoms with E-state index in [4.69, 9.17) is 5.73 Å². The van der Waals surface area contributed by atoms with Gasteiger partial charge < -0.3 is 40.9 Å². The predicted octanol–water partition coefficient (Wildman–Crippen LogP) is -0.743. The number of carbonyl (C=O) groups excluding carboxylic acids is 3. The first-order chi connectivity index (χ1) is 17.1. The summed E-state index contributed by atoms with van der Waals surface area (Å²) in [5.41, 5.74) is 4.65. The van der Waals surface area contributed by atoms with Gasteiger partial charge in [0.15, 0.2) is 11.4 Å². The molecule has 0 bridgehead atoms. The molecule has 202 valence electrons. The molecule has 4 rings (SSSR count). The third-order valence-corrected chi connectivity index (χ3v) is 8.11. The first kappa shape index (κ1) is 27.1. The Morgan fingerprint density at radius 2 is 1.76 bits per heavy atom. The summed E-state index contributed by atoms with van der Waals surface area (Å²) in [6.07, 6.45) is -1.16. The van der Waals surface area contributed by atoms with E-state index in [1.165, 1.54) is 0 Å². The number of hydrogen-bond acceptors (Lipinski definition) is 10. The number of benzene rings is 1. The van der Waals surface area contributed by atoms with Gasteiger partial charge >= 0.3 is 0 Å². The van der Waals surface area contributed by atoms with Crippen LogP contribution in [0.25, 0.3) is 5.76 Å². The maximum absolute atomic E-state index is 13.9. The van der Waals surface area contributed by atoms with Gasteiger partial charge in [0.2, 0.25) is 11.7 Å². The number of phenols is 1. The van der Waals surface area contributed by atoms with Gasteiger partial charge in [-0.05, 0) is 58.6 Å². The fourth-order valence-electron chi connectivity index (χ4n) is 6.57. The molecule has 3 unspecified atom stereocenters. The van der Waals surface area contributed by atoms with Crippen LogP contribution in [-0.4, -0.2) is 108 Å². The minimum atomic E-state index is -2.66. The summed E-state index contributed by atoms with van der Waals surface area (Å²) in [5, 5.41) is 45.3. The molecule has 37 heavy (non-hydrogen) atoms. The van der Waals surface area contributed by atoms with E-state index < -0.39 is 58.7 Å². The zero-order chi connectivity index (χ0) is 27.7. The van der Waals surface area contributed by atoms with Crippen molar-refractivity contribution in [3.05, 3.63) is 28.3 Å². The van der Waals surface area contributed by atoms with Crippen LogP contribution in [0.2, 0.25) is 0 Å². The quantitative estimate of drug-likeness (QED) is 0.314. The first-order valence-electron chi connectivity index (χ1n) is 12.2. The van der Waals surface area contributed by atoms with Crippen LogP contribution < -0.4 is 10.6 Å². The Labute approximate surface area is 215 Å². The molecule has 11 nitrogen and oxygen atoms in total. The first-order valence-corrected chi connectivity index (χ1v) is 12.2. The maximum atomic E-state index is 13.9. The summed E-state index contributed by atoms with van der Waals surface area (Å²) in [6.45, 7) is 0.368. The molecule has 2 saturated carbocycles. The fraction of sp³-hybridized carbons (Fsp3) is 0.577. The number of primary amides is 1. The fourth-order valence-corrected chi connectivity index (χ4v) is 6.57. The average molecular weight is 517 g/mol. The second kappa shape index (κ2) is 9.09. The normalized spacial score (nSPS) is 31.4. The van der Waals surface area contributed by atoms with Crippen molar-refractivity contribution in [1.29, 1.82) is 0 Å². The second-order valence-electron chi connectivity index (χ2n) is 11.2. The Morgan fingerprint density at radius 1 is 1.14 bits per heavy atom. The van der Waals surface area contributed by atoms with Gasteiger partial charge in [-0.2, -0.15) is 0 Å². The lowest BCUT2D eigenvalue weighted by molar-refractivity contribution is -0.184. The summed E-state index contributed by atoms with van der Waals surface area (Å²) >= 11 is 0. The lowest BCUT2D eigenvalue weighted by Crippen LogP contribution is -2.73. The molecule has 1 aromatic carbocycles. The number of nitrogens with two attached hydrogens (primary N) is 1. The number of Topliss-reactive ketones (excluding diaryl/α,β-unsaturated/α-hetero) is 2. The molecule has 0 aliphatic heterocycles. The third-order valence-electron chi connectivity index (χ3n) is 8.11. The van der Waals surface area contributed by atoms with Crippen molar-refractivity contribution >= 4 is 28.9 Å². The number of hydrogen-bond donors (Lipinski definition) is 5. The SMILES string of the molecule is CN(C)Cc1cc(N(C)C)c2c(c1O)C(O)=C1C(=O)[C@@]3(O)C(=O)C(C(N)=O)C(O)C(N(C)C)[C@H]3C[C@H]1C2. The third kappa shape index (κ3) is 3.83. The van der Waals surface area contributed by atoms with Crippen molar-refractivity contribution in [1.82, 2.24) is 9.80 Å². The zero-order valence-electron chi connectivity index (χ0n) is 22.0. The second-order valence-corrected chi connectivity index (χ2v) is 11.2. The number of rotatable bonds is 5. The van der Waals surface area contributed by atoms with Crippen molar-refractivity contribution < 1.29 is 34.8 Å². The Hall–Kier alpha value is -2.99. The molecule has 1 aromatic rings. The molecule has 6 atom stereocenters. The summed E-state index contributed by atoms with van der Waals surface area (Å²) in [6, 6.07) is 0.930. The van der Waals surface area contributed by atoms with Gasteiger partial charge in [0.1, 0.15) is 17.4 Å². The van der Waals surface area contributed by atoms with Gasteiger partial charge in [-0.15, -0.1) is 0 Å². The Morgan fingerprint density at radius 3 is 2.27 bits per heavy atom. The van der Waals surface area contributed by atoms with Crippen LogP contribution in [0, 0.1) is 17.8 Å². The van der Waals surface area contributed by atoms with Gasteiger partial charge in [-0.25, -0.2) is 0 Å². The topological polar surface area (TPSA) is 168 Å². The van der Waals surface area contributed by atoms with Gasteiger partial charge in [-0.1, -0.05) is 0 Å². The monoisotopic (exact) mass is 516 g/mol. The molecule has 11 heteroatoms. The number of phenolic OH excluding ortho intramolecular Hbond substituents is 1. The highest BCUT2D eigenvalue weighted by Gasteiger charge is 2.67. The number of likely N-dealkylation sites (N-methyl/N-ethyl adjacent to an activating group) is 1. The number of aromatic hydroxyl groups is 1. The van der Waals surface area contributed by atoms with Crippen LogP contribution in [0.3, 0.4) is 0 Å². The molecule has 1 amide bonds. The van der Waals surface area contributed by atoms with Crippen molar-refractivity contribution in [3.8, 4) is 5.75 Å². The Bertz CT molecular complexity index is 1210. The highest BCUT2D eigenvalue weighted by molar-refractivity contribution is 6.25. The molecule has 6 N–H and O–H groups in total. The summed E-state index contributed by atoms with van der Waals surface area (Å²) < 4.78 is 0. The number of nitrogens with zero attached hydrogens (tertiary/aromatic N) is 3. The van der Waals surface area contributed by atoms with Crippen LogP contribution in [-0.2, 0) is 27.3 Å². The van der Waals surface area contributed by atoms with Gasteiger partial charge in [0.25, 0.3) is 0 Å². The molecular weight excluding hydrogens is 480 g/mol. The molecule has 0 spiro atoms. The van der Waals surface area contributed by atoms with Gasteiger partial charge in [-0.3, -0.25) is 14.4 Å². The number of aliphatic hydroxyl groups excluding tert-OH is 2. The van der Waals surface area contributed by atoms with E-state index in [0.29, 0.717) is 17.7 Å². The molecule has 3 aliphatic carbocycles. The summed E-state index contributed by atoms with van der Waals surface area (Å²) in [5.74, 6) is -7.39. The summed E-state index contributed by atoms with van der Waals surface area (Å²) in [7, 11) is 10.6. The Kier molecular flexibility index (Phi) is 6.64. The zero-order valence-corrected chi connectivity index (χ0v) is 22.0. The average Bonchev–Trinajstić information content (AvgIpc) is 2.77. The Balaban J connectivity index is 1.95. The largest absolute Gasteiger partial charge is 0.507 e. The van der Waals surface area contributed by atoms with E-state index in [1.807, 2.05) is 44.1 Å². The number of anilines is 1. The van der Waals surface area contributed by atoms with Crippen LogP contribution in [0.15, 0.2) is 11.6 Å². The molecule has 2 fully saturated rings. The number of fused-ring (bicyclic) bond motifs is 3. The van der Waals surface area contributed by atoms with E-state index in [0.717, 1.165) is 5.69 Å². The van der Waals surface area contributed by atoms with E-state index in [9.17, 15) is 34.8 Å². The number of carbonyl (C=O) groups is 3. The molecule has 0 saturated heterocycles. The smallest absolute Gasteiger partial charge is 0.230 e. The minimum absolute atomic E-state index is 0.0886. The molecule has 0 heterocycles. The van der Waals surface area contributed by atoms with Crippen LogP contribution in [0.5, 0.6) is 5.75 Å². The van der Waals surface area contributed by atoms with Crippen molar-refractivity contribution in [2.45, 2.75) is 37.1 Å². The van der Waals surface area contributed by atoms with E-state index >= 15 is 0 Å². The highest BCUT2D eigenvalue weighted by Crippen LogP contribution is 2.53. The van der Waals surface area contributed by atoms with E-state index in [-0.39, 0.29) is 29.7 Å². The molecular formula is C26H36N4O7. The summed E-state index contributed by atoms with van der Waals surface area (Å²) in [4.78, 5) is 44.8. The van der Waals surface area contributed by atoms with E-state index in [2.05, 4.69) is 0 Å². The number of aliphatic hydroxyl groups is 3.